The molecule has 147 heavy (non-hydrogen) atoms. The van der Waals surface area contributed by atoms with Crippen LogP contribution in [0, 0.1) is 20.2 Å². The molecule has 34 nitrogen and oxygen atoms in total. The van der Waals surface area contributed by atoms with E-state index in [2.05, 4.69) is 51.5 Å². The summed E-state index contributed by atoms with van der Waals surface area (Å²) in [7, 11) is 18.6. The Morgan fingerprint density at radius 1 is 0.286 bits per heavy atom. The number of nitrogens with two attached hydrogens (primary N) is 1. The second-order valence-corrected chi connectivity index (χ2v) is 30.9. The lowest BCUT2D eigenvalue weighted by Crippen LogP contribution is -2.04. The number of nitrogens with zero attached hydrogens (tertiary/aromatic N) is 7. The van der Waals surface area contributed by atoms with Crippen molar-refractivity contribution in [2.45, 2.75) is 0 Å². The van der Waals surface area contributed by atoms with E-state index in [-0.39, 0.29) is 40.3 Å². The maximum Gasteiger partial charge on any atom is 0.269 e. The SMILES string of the molecule is COc1cc(/C=C/C(=O)c2cccnc2Nc2ccccc2)cc(OC)c1OC.COc1ccc(Nc2ncccc2C(=O)/C=C/c2cc(OC)c(OC)c(OC)c2)cc1.COc1ccc(Nc2ncccc2C(=O)/C=C/c2cc(OC)c(OC)c(OC)c2)cc1OC.Nc1ccc(C(=O)/C=C/c2cccnc2Nc2ccc([N+](=O)[O-])cc2)cc1.O=C(/C=C/c1cccnc1Nc1ccc([N+](=O)[O-])cc1)c1ccc(Cl)cc1. The molecule has 0 amide bonds. The zero-order valence-corrected chi connectivity index (χ0v) is 82.5. The summed E-state index contributed by atoms with van der Waals surface area (Å²) in [6.07, 6.45) is 23.9. The fraction of sp³-hybridized carbons (Fsp3) is 0.107. The molecule has 0 fully saturated rings. The molecule has 0 bridgehead atoms. The van der Waals surface area contributed by atoms with Gasteiger partial charge in [-0.25, -0.2) is 24.9 Å². The fourth-order valence-electron chi connectivity index (χ4n) is 13.7. The quantitative estimate of drug-likeness (QED) is 0.00685. The molecule has 0 spiro atoms. The van der Waals surface area contributed by atoms with Gasteiger partial charge in [0.1, 0.15) is 34.8 Å². The van der Waals surface area contributed by atoms with Crippen molar-refractivity contribution in [2.75, 3.05) is 118 Å². The van der Waals surface area contributed by atoms with Crippen LogP contribution in [0.3, 0.4) is 0 Å². The number of nitro benzene ring substituents is 2. The van der Waals surface area contributed by atoms with Crippen LogP contribution in [0.1, 0.15) is 79.6 Å². The fourth-order valence-corrected chi connectivity index (χ4v) is 13.8. The maximum absolute atomic E-state index is 13.0. The van der Waals surface area contributed by atoms with Crippen LogP contribution in [0.25, 0.3) is 30.4 Å². The van der Waals surface area contributed by atoms with Gasteiger partial charge in [0.15, 0.2) is 74.9 Å². The second kappa shape index (κ2) is 54.9. The largest absolute Gasteiger partial charge is 0.497 e. The minimum Gasteiger partial charge on any atom is -0.497 e. The van der Waals surface area contributed by atoms with E-state index in [0.717, 1.165) is 33.8 Å². The number of carbonyl (C=O) groups excluding carboxylic acids is 5. The third-order valence-corrected chi connectivity index (χ3v) is 21.4. The number of nitro groups is 2. The smallest absolute Gasteiger partial charge is 0.269 e. The first kappa shape index (κ1) is 108. The number of halogens is 1. The topological polar surface area (TPSA) is 433 Å². The molecule has 7 N–H and O–H groups in total. The highest BCUT2D eigenvalue weighted by Gasteiger charge is 2.21. The molecule has 0 aliphatic rings. The number of allylic oxidation sites excluding steroid dienone is 5. The van der Waals surface area contributed by atoms with Crippen LogP contribution < -0.4 is 89.2 Å². The molecular weight excluding hydrogens is 1900 g/mol. The Kier molecular flexibility index (Phi) is 40.3. The molecule has 15 rings (SSSR count). The van der Waals surface area contributed by atoms with Gasteiger partial charge >= 0.3 is 0 Å². The normalized spacial score (nSPS) is 10.6. The van der Waals surface area contributed by atoms with Gasteiger partial charge < -0.3 is 89.2 Å². The molecule has 5 aromatic heterocycles. The average Bonchev–Trinajstić information content (AvgIpc) is 0.827. The van der Waals surface area contributed by atoms with Crippen LogP contribution in [0.15, 0.2) is 328 Å². The van der Waals surface area contributed by atoms with E-state index in [4.69, 9.17) is 74.2 Å². The van der Waals surface area contributed by atoms with Gasteiger partial charge in [0.25, 0.3) is 11.4 Å². The standard InChI is InChI=1S/C25H26N2O6.C24H24N2O5.C23H22N2O4.C20H14ClN3O3.C20H16N4O3/c1-29-20-11-9-17(15-21(20)30-2)27-25-18(7-6-12-26-25)19(28)10-8-16-13-22(31-3)24(33-5)23(14-16)32-4;1-28-18-10-8-17(9-11-18)26-24-19(6-5-13-25-24)20(27)12-7-16-14-21(29-2)23(31-4)22(15-16)30-3;1-27-20-14-16(15-21(28-2)22(20)29-3)11-12-19(26)18-10-7-13-24-23(18)25-17-8-5-4-6-9-17;2*21-16-6-3-14(4-7-16)19(25)12-5-15-2-1-13-22-20(15)23-17-8-10-18(11-9-17)24(26)27/h6-15H,1-5H3,(H,26,27);5-15H,1-4H3,(H,25,26);4-15H,1-3H3,(H,24,25);1-13H,(H,22,23);1-13H,21H2,(H,22,23)/b10-8+;12-7+;12-11+;2*12-5+. The van der Waals surface area contributed by atoms with Gasteiger partial charge in [-0.1, -0.05) is 48.0 Å². The molecule has 0 aliphatic carbocycles. The summed E-state index contributed by atoms with van der Waals surface area (Å²) in [4.78, 5) is 105. The van der Waals surface area contributed by atoms with E-state index in [1.165, 1.54) is 76.0 Å². The minimum atomic E-state index is -0.457. The molecule has 0 aliphatic heterocycles. The number of nitrogens with one attached hydrogen (secondary N) is 5. The van der Waals surface area contributed by atoms with Crippen LogP contribution in [-0.4, -0.2) is 149 Å². The lowest BCUT2D eigenvalue weighted by Gasteiger charge is -2.13. The van der Waals surface area contributed by atoms with Crippen molar-refractivity contribution in [2.24, 2.45) is 0 Å². The van der Waals surface area contributed by atoms with Gasteiger partial charge in [0, 0.05) is 123 Å². The summed E-state index contributed by atoms with van der Waals surface area (Å²) < 4.78 is 63.9. The number of nitrogen functional groups attached to an aromatic ring is 1. The highest BCUT2D eigenvalue weighted by Crippen LogP contribution is 2.43. The van der Waals surface area contributed by atoms with Crippen molar-refractivity contribution in [1.82, 2.24) is 24.9 Å². The third kappa shape index (κ3) is 31.0. The Hall–Kier alpha value is -19.5. The van der Waals surface area contributed by atoms with Crippen molar-refractivity contribution in [1.29, 1.82) is 0 Å². The van der Waals surface area contributed by atoms with Gasteiger partial charge in [0.2, 0.25) is 17.2 Å². The molecule has 0 saturated heterocycles. The summed E-state index contributed by atoms with van der Waals surface area (Å²) in [6, 6.07) is 75.7. The zero-order valence-electron chi connectivity index (χ0n) is 81.7. The molecule has 0 saturated carbocycles. The van der Waals surface area contributed by atoms with Gasteiger partial charge in [-0.15, -0.1) is 0 Å². The number of anilines is 11. The predicted molar refractivity (Wildman–Crippen MR) is 570 cm³/mol. The highest BCUT2D eigenvalue weighted by atomic mass is 35.5. The Morgan fingerprint density at radius 2 is 0.578 bits per heavy atom. The Morgan fingerprint density at radius 3 is 0.905 bits per heavy atom. The van der Waals surface area contributed by atoms with Crippen molar-refractivity contribution in [3.05, 3.63) is 409 Å². The molecule has 35 heteroatoms. The van der Waals surface area contributed by atoms with E-state index < -0.39 is 9.85 Å². The number of aromatic nitrogens is 5. The van der Waals surface area contributed by atoms with Gasteiger partial charge in [0.05, 0.1) is 112 Å². The van der Waals surface area contributed by atoms with Crippen molar-refractivity contribution >= 4 is 145 Å². The molecule has 0 radical (unpaired) electrons. The third-order valence-electron chi connectivity index (χ3n) is 21.1. The first-order chi connectivity index (χ1) is 71.3. The summed E-state index contributed by atoms with van der Waals surface area (Å²) in [5.74, 6) is 8.01. The first-order valence-corrected chi connectivity index (χ1v) is 44.9. The van der Waals surface area contributed by atoms with Crippen LogP contribution in [-0.2, 0) is 0 Å². The first-order valence-electron chi connectivity index (χ1n) is 44.5. The lowest BCUT2D eigenvalue weighted by atomic mass is 10.1. The predicted octanol–water partition coefficient (Wildman–Crippen LogP) is 23.8. The number of ether oxygens (including phenoxy) is 12. The zero-order chi connectivity index (χ0) is 105. The maximum atomic E-state index is 13.0. The monoisotopic (exact) mass is 2000 g/mol. The van der Waals surface area contributed by atoms with E-state index in [1.807, 2.05) is 72.8 Å². The van der Waals surface area contributed by atoms with E-state index in [0.29, 0.717) is 159 Å². The molecule has 15 aromatic rings. The van der Waals surface area contributed by atoms with Gasteiger partial charge in [-0.2, -0.15) is 0 Å². The Balaban J connectivity index is 0.000000175. The Labute approximate surface area is 852 Å². The van der Waals surface area contributed by atoms with Crippen LogP contribution in [0.2, 0.25) is 5.02 Å². The highest BCUT2D eigenvalue weighted by molar-refractivity contribution is 6.30. The van der Waals surface area contributed by atoms with Crippen molar-refractivity contribution in [3.8, 4) is 69.0 Å². The average molecular weight is 2000 g/mol. The summed E-state index contributed by atoms with van der Waals surface area (Å²) in [5, 5.41) is 37.8. The minimum absolute atomic E-state index is 0.00949. The van der Waals surface area contributed by atoms with E-state index in [9.17, 15) is 44.2 Å². The summed E-state index contributed by atoms with van der Waals surface area (Å²) in [5.41, 5.74) is 15.9. The second-order valence-electron chi connectivity index (χ2n) is 30.5. The van der Waals surface area contributed by atoms with Crippen LogP contribution in [0.5, 0.6) is 69.0 Å². The summed E-state index contributed by atoms with van der Waals surface area (Å²) in [6.45, 7) is 0. The molecule has 5 heterocycles. The molecule has 0 unspecified atom stereocenters. The lowest BCUT2D eigenvalue weighted by molar-refractivity contribution is -0.385. The number of ketones is 5. The number of hydrogen-bond acceptors (Lipinski definition) is 32. The molecule has 748 valence electrons. The number of rotatable bonds is 39. The van der Waals surface area contributed by atoms with E-state index in [1.54, 1.807) is 295 Å². The van der Waals surface area contributed by atoms with Crippen LogP contribution in [0.4, 0.5) is 74.6 Å². The number of para-hydroxylation sites is 1. The van der Waals surface area contributed by atoms with Crippen molar-refractivity contribution < 1.29 is 90.7 Å². The number of non-ortho nitro benzene ring substituents is 2. The number of methoxy groups -OCH3 is 12. The molecule has 0 atom stereocenters. The van der Waals surface area contributed by atoms with E-state index >= 15 is 0 Å². The van der Waals surface area contributed by atoms with Gasteiger partial charge in [-0.05, 0) is 278 Å². The van der Waals surface area contributed by atoms with Crippen LogP contribution >= 0.6 is 11.6 Å². The molecular formula is C112H102ClN13O21. The number of pyridine rings is 5. The number of hydrogen-bond donors (Lipinski definition) is 6. The van der Waals surface area contributed by atoms with Crippen molar-refractivity contribution in [3.63, 3.8) is 0 Å². The molecule has 10 aromatic carbocycles. The summed E-state index contributed by atoms with van der Waals surface area (Å²) >= 11 is 5.83. The number of carbonyl (C=O) groups is 5. The van der Waals surface area contributed by atoms with Gasteiger partial charge in [-0.3, -0.25) is 44.2 Å². The number of benzene rings is 10. The Bertz CT molecular complexity index is 7000.